The van der Waals surface area contributed by atoms with Crippen LogP contribution >= 0.6 is 24.0 Å². The van der Waals surface area contributed by atoms with Crippen molar-refractivity contribution in [3.05, 3.63) is 78.1 Å². The Morgan fingerprint density at radius 3 is 2.62 bits per heavy atom. The number of halogens is 1. The monoisotopic (exact) mass is 549 g/mol. The minimum atomic E-state index is -0.680. The molecule has 8 heteroatoms. The van der Waals surface area contributed by atoms with Gasteiger partial charge in [0.15, 0.2) is 5.96 Å². The first kappa shape index (κ1) is 25.7. The summed E-state index contributed by atoms with van der Waals surface area (Å²) in [5.74, 6) is 1.39. The molecule has 3 rings (SSSR count). The number of aliphatic imine (C=N–C) groups is 1. The van der Waals surface area contributed by atoms with Crippen LogP contribution in [0.2, 0.25) is 0 Å². The zero-order valence-corrected chi connectivity index (χ0v) is 21.1. The van der Waals surface area contributed by atoms with Gasteiger partial charge in [0, 0.05) is 24.8 Å². The van der Waals surface area contributed by atoms with Gasteiger partial charge in [-0.05, 0) is 50.6 Å². The summed E-state index contributed by atoms with van der Waals surface area (Å²) in [5, 5.41) is 21.4. The van der Waals surface area contributed by atoms with Crippen molar-refractivity contribution in [3.8, 4) is 11.4 Å². The lowest BCUT2D eigenvalue weighted by Gasteiger charge is -2.17. The van der Waals surface area contributed by atoms with Gasteiger partial charge in [-0.2, -0.15) is 5.10 Å². The summed E-state index contributed by atoms with van der Waals surface area (Å²) < 4.78 is 7.55. The van der Waals surface area contributed by atoms with Crippen LogP contribution in [0.4, 0.5) is 0 Å². The molecule has 0 bridgehead atoms. The highest BCUT2D eigenvalue weighted by Gasteiger charge is 2.10. The lowest BCUT2D eigenvalue weighted by molar-refractivity contribution is 0.179. The summed E-state index contributed by atoms with van der Waals surface area (Å²) in [7, 11) is 0. The van der Waals surface area contributed by atoms with Crippen LogP contribution < -0.4 is 15.4 Å². The molecule has 32 heavy (non-hydrogen) atoms. The lowest BCUT2D eigenvalue weighted by Crippen LogP contribution is -2.39. The van der Waals surface area contributed by atoms with Crippen LogP contribution in [0.1, 0.15) is 38.0 Å². The zero-order valence-electron chi connectivity index (χ0n) is 18.7. The third-order valence-corrected chi connectivity index (χ3v) is 4.50. The fraction of sp³-hybridized carbons (Fsp3) is 0.333. The molecule has 0 fully saturated rings. The van der Waals surface area contributed by atoms with Gasteiger partial charge in [0.25, 0.3) is 0 Å². The average Bonchev–Trinajstić information content (AvgIpc) is 3.25. The Morgan fingerprint density at radius 2 is 1.91 bits per heavy atom. The fourth-order valence-electron chi connectivity index (χ4n) is 3.05. The van der Waals surface area contributed by atoms with Crippen LogP contribution in [-0.2, 0) is 6.54 Å². The van der Waals surface area contributed by atoms with Crippen molar-refractivity contribution in [1.82, 2.24) is 20.4 Å². The molecule has 0 aliphatic carbocycles. The number of nitrogens with zero attached hydrogens (tertiary/aromatic N) is 3. The van der Waals surface area contributed by atoms with Crippen molar-refractivity contribution in [2.24, 2.45) is 4.99 Å². The number of aliphatic hydroxyl groups is 1. The Morgan fingerprint density at radius 1 is 1.12 bits per heavy atom. The molecule has 0 aliphatic heterocycles. The predicted molar refractivity (Wildman–Crippen MR) is 139 cm³/mol. The Bertz CT molecular complexity index is 975. The average molecular weight is 549 g/mol. The first-order valence-corrected chi connectivity index (χ1v) is 10.6. The van der Waals surface area contributed by atoms with Crippen LogP contribution in [0, 0.1) is 0 Å². The second kappa shape index (κ2) is 13.1. The SMILES string of the molecule is CCNC(=NCc1cnn(-c2ccccc2)c1)NCC(O)c1cccc(OC(C)C)c1.I. The largest absolute Gasteiger partial charge is 0.491 e. The number of hydrogen-bond donors (Lipinski definition) is 3. The van der Waals surface area contributed by atoms with Gasteiger partial charge in [0.2, 0.25) is 0 Å². The number of para-hydroxylation sites is 1. The molecule has 1 heterocycles. The van der Waals surface area contributed by atoms with Crippen molar-refractivity contribution >= 4 is 29.9 Å². The second-order valence-corrected chi connectivity index (χ2v) is 7.46. The van der Waals surface area contributed by atoms with E-state index in [0.717, 1.165) is 29.1 Å². The van der Waals surface area contributed by atoms with E-state index in [1.165, 1.54) is 0 Å². The standard InChI is InChI=1S/C24H31N5O2.HI/c1-4-25-24(26-14-19-15-28-29(17-19)21-10-6-5-7-11-21)27-16-23(30)20-9-8-12-22(13-20)31-18(2)3;/h5-13,15,17-18,23,30H,4,14,16H2,1-3H3,(H2,25,26,27);1H. The lowest BCUT2D eigenvalue weighted by atomic mass is 10.1. The molecule has 0 saturated heterocycles. The topological polar surface area (TPSA) is 83.7 Å². The fourth-order valence-corrected chi connectivity index (χ4v) is 3.05. The Labute approximate surface area is 206 Å². The van der Waals surface area contributed by atoms with E-state index in [1.807, 2.05) is 92.4 Å². The van der Waals surface area contributed by atoms with Crippen LogP contribution in [0.5, 0.6) is 5.75 Å². The van der Waals surface area contributed by atoms with Gasteiger partial charge < -0.3 is 20.5 Å². The van der Waals surface area contributed by atoms with Crippen molar-refractivity contribution in [2.45, 2.75) is 39.5 Å². The van der Waals surface area contributed by atoms with E-state index in [2.05, 4.69) is 20.7 Å². The molecule has 7 nitrogen and oxygen atoms in total. The number of nitrogens with one attached hydrogen (secondary N) is 2. The van der Waals surface area contributed by atoms with Gasteiger partial charge in [-0.25, -0.2) is 9.67 Å². The molecule has 3 aromatic rings. The Kier molecular flexibility index (Phi) is 10.5. The molecule has 2 aromatic carbocycles. The number of rotatable bonds is 9. The molecule has 1 aromatic heterocycles. The Hall–Kier alpha value is -2.59. The maximum Gasteiger partial charge on any atom is 0.191 e. The first-order valence-electron chi connectivity index (χ1n) is 10.6. The van der Waals surface area contributed by atoms with Crippen molar-refractivity contribution < 1.29 is 9.84 Å². The molecule has 172 valence electrons. The van der Waals surface area contributed by atoms with Crippen LogP contribution in [-0.4, -0.2) is 40.0 Å². The highest BCUT2D eigenvalue weighted by Crippen LogP contribution is 2.20. The minimum absolute atomic E-state index is 0. The molecule has 0 radical (unpaired) electrons. The van der Waals surface area contributed by atoms with Crippen LogP contribution in [0.15, 0.2) is 72.0 Å². The van der Waals surface area contributed by atoms with Gasteiger partial charge in [-0.3, -0.25) is 0 Å². The van der Waals surface area contributed by atoms with E-state index in [9.17, 15) is 5.11 Å². The highest BCUT2D eigenvalue weighted by molar-refractivity contribution is 14.0. The van der Waals surface area contributed by atoms with Gasteiger partial charge in [0.05, 0.1) is 30.6 Å². The number of aromatic nitrogens is 2. The zero-order chi connectivity index (χ0) is 22.1. The summed E-state index contributed by atoms with van der Waals surface area (Å²) >= 11 is 0. The number of guanidine groups is 1. The van der Waals surface area contributed by atoms with E-state index in [0.29, 0.717) is 19.0 Å². The van der Waals surface area contributed by atoms with E-state index < -0.39 is 6.10 Å². The first-order chi connectivity index (χ1) is 15.0. The molecular formula is C24H32IN5O2. The number of hydrogen-bond acceptors (Lipinski definition) is 4. The van der Waals surface area contributed by atoms with E-state index >= 15 is 0 Å². The molecule has 3 N–H and O–H groups in total. The molecular weight excluding hydrogens is 517 g/mol. The molecule has 0 saturated carbocycles. The van der Waals surface area contributed by atoms with Crippen LogP contribution in [0.25, 0.3) is 5.69 Å². The Balaban J connectivity index is 0.00000363. The van der Waals surface area contributed by atoms with Gasteiger partial charge in [-0.1, -0.05) is 30.3 Å². The molecule has 1 atom stereocenters. The van der Waals surface area contributed by atoms with Gasteiger partial charge in [0.1, 0.15) is 5.75 Å². The quantitative estimate of drug-likeness (QED) is 0.213. The summed E-state index contributed by atoms with van der Waals surface area (Å²) in [5.41, 5.74) is 2.81. The maximum absolute atomic E-state index is 10.6. The van der Waals surface area contributed by atoms with Crippen molar-refractivity contribution in [3.63, 3.8) is 0 Å². The maximum atomic E-state index is 10.6. The minimum Gasteiger partial charge on any atom is -0.491 e. The summed E-state index contributed by atoms with van der Waals surface area (Å²) in [6.07, 6.45) is 3.19. The third-order valence-electron chi connectivity index (χ3n) is 4.50. The van der Waals surface area contributed by atoms with Gasteiger partial charge >= 0.3 is 0 Å². The van der Waals surface area contributed by atoms with E-state index in [-0.39, 0.29) is 30.1 Å². The predicted octanol–water partition coefficient (Wildman–Crippen LogP) is 4.07. The molecule has 0 aliphatic rings. The smallest absolute Gasteiger partial charge is 0.191 e. The molecule has 0 spiro atoms. The summed E-state index contributed by atoms with van der Waals surface area (Å²) in [6.45, 7) is 7.51. The normalized spacial score (nSPS) is 12.2. The van der Waals surface area contributed by atoms with Crippen molar-refractivity contribution in [1.29, 1.82) is 0 Å². The molecule has 1 unspecified atom stereocenters. The van der Waals surface area contributed by atoms with E-state index in [1.54, 1.807) is 0 Å². The third kappa shape index (κ3) is 7.83. The second-order valence-electron chi connectivity index (χ2n) is 7.46. The number of ether oxygens (including phenoxy) is 1. The van der Waals surface area contributed by atoms with Crippen LogP contribution in [0.3, 0.4) is 0 Å². The number of aliphatic hydroxyl groups excluding tert-OH is 1. The summed E-state index contributed by atoms with van der Waals surface area (Å²) in [6, 6.07) is 17.5. The highest BCUT2D eigenvalue weighted by atomic mass is 127. The van der Waals surface area contributed by atoms with Gasteiger partial charge in [-0.15, -0.1) is 24.0 Å². The van der Waals surface area contributed by atoms with E-state index in [4.69, 9.17) is 4.74 Å². The molecule has 0 amide bonds. The van der Waals surface area contributed by atoms with Crippen molar-refractivity contribution in [2.75, 3.05) is 13.1 Å². The number of benzene rings is 2. The summed E-state index contributed by atoms with van der Waals surface area (Å²) in [4.78, 5) is 4.62.